The number of nitrogens with zero attached hydrogens (tertiary/aromatic N) is 1. The Bertz CT molecular complexity index is 1030. The molecule has 0 aromatic heterocycles. The molecule has 0 rings (SSSR count). The van der Waals surface area contributed by atoms with Crippen molar-refractivity contribution < 1.29 is 42.1 Å². The molecular formula is C50H98NO8P. The molecule has 1 unspecified atom stereocenters. The topological polar surface area (TPSA) is 111 Å². The number of likely N-dealkylation sites (N-methyl/N-ethyl adjacent to an activating group) is 1. The minimum atomic E-state index is -4.62. The Morgan fingerprint density at radius 1 is 0.500 bits per heavy atom. The van der Waals surface area contributed by atoms with Crippen molar-refractivity contribution in [1.82, 2.24) is 0 Å². The van der Waals surface area contributed by atoms with Crippen LogP contribution in [0.3, 0.4) is 0 Å². The van der Waals surface area contributed by atoms with Crippen LogP contribution in [0.5, 0.6) is 0 Å². The van der Waals surface area contributed by atoms with Crippen LogP contribution in [-0.2, 0) is 32.7 Å². The molecule has 0 amide bonds. The second kappa shape index (κ2) is 43.0. The largest absolute Gasteiger partial charge is 0.756 e. The first-order valence-corrected chi connectivity index (χ1v) is 26.9. The number of quaternary nitrogens is 1. The lowest BCUT2D eigenvalue weighted by Gasteiger charge is -2.28. The zero-order valence-electron chi connectivity index (χ0n) is 40.2. The van der Waals surface area contributed by atoms with Gasteiger partial charge in [0.25, 0.3) is 7.82 Å². The van der Waals surface area contributed by atoms with Crippen LogP contribution >= 0.6 is 7.82 Å². The molecule has 0 aliphatic rings. The van der Waals surface area contributed by atoms with Gasteiger partial charge in [-0.1, -0.05) is 206 Å². The molecule has 0 aliphatic heterocycles. The Morgan fingerprint density at radius 3 is 1.25 bits per heavy atom. The van der Waals surface area contributed by atoms with E-state index in [4.69, 9.17) is 18.5 Å². The van der Waals surface area contributed by atoms with E-state index in [2.05, 4.69) is 26.0 Å². The smallest absolute Gasteiger partial charge is 0.306 e. The molecule has 0 spiro atoms. The number of phosphoric acid groups is 1. The van der Waals surface area contributed by atoms with Crippen molar-refractivity contribution in [2.24, 2.45) is 0 Å². The van der Waals surface area contributed by atoms with E-state index in [0.717, 1.165) is 51.4 Å². The fraction of sp³-hybridized carbons (Fsp3) is 0.920. The summed E-state index contributed by atoms with van der Waals surface area (Å²) in [6.45, 7) is 4.24. The highest BCUT2D eigenvalue weighted by molar-refractivity contribution is 7.45. The summed E-state index contributed by atoms with van der Waals surface area (Å²) in [6, 6.07) is 0. The maximum atomic E-state index is 12.7. The molecule has 9 nitrogen and oxygen atoms in total. The van der Waals surface area contributed by atoms with E-state index in [1.165, 1.54) is 161 Å². The second-order valence-electron chi connectivity index (χ2n) is 18.5. The van der Waals surface area contributed by atoms with Crippen LogP contribution in [0.4, 0.5) is 0 Å². The number of hydrogen-bond acceptors (Lipinski definition) is 8. The van der Waals surface area contributed by atoms with Crippen LogP contribution in [0.2, 0.25) is 0 Å². The van der Waals surface area contributed by atoms with Crippen molar-refractivity contribution in [3.8, 4) is 0 Å². The molecule has 0 heterocycles. The van der Waals surface area contributed by atoms with Crippen molar-refractivity contribution in [3.05, 3.63) is 12.2 Å². The van der Waals surface area contributed by atoms with E-state index in [-0.39, 0.29) is 32.0 Å². The lowest BCUT2D eigenvalue weighted by Crippen LogP contribution is -2.37. The van der Waals surface area contributed by atoms with Crippen LogP contribution in [0, 0.1) is 0 Å². The molecule has 0 bridgehead atoms. The number of esters is 2. The molecule has 2 atom stereocenters. The Labute approximate surface area is 371 Å². The van der Waals surface area contributed by atoms with Crippen molar-refractivity contribution >= 4 is 19.8 Å². The molecule has 0 aromatic carbocycles. The molecule has 0 aliphatic carbocycles. The quantitative estimate of drug-likeness (QED) is 0.0195. The maximum Gasteiger partial charge on any atom is 0.306 e. The van der Waals surface area contributed by atoms with E-state index in [0.29, 0.717) is 17.4 Å². The number of carbonyl (C=O) groups excluding carboxylic acids is 2. The van der Waals surface area contributed by atoms with Gasteiger partial charge in [0.2, 0.25) is 0 Å². The fourth-order valence-corrected chi connectivity index (χ4v) is 8.03. The predicted molar refractivity (Wildman–Crippen MR) is 250 cm³/mol. The number of rotatable bonds is 47. The standard InChI is InChI=1S/C50H98NO8P/c1-6-8-10-12-14-16-18-20-21-22-23-24-25-26-27-28-29-31-32-34-36-38-40-42-49(52)56-46-48(47-58-60(54,55)57-45-44-51(3,4)5)59-50(53)43-41-39-37-35-33-30-19-17-15-13-11-9-7-2/h17,19,48H,6-16,18,20-47H2,1-5H3/b19-17+/t48-/m0/s1. The zero-order chi connectivity index (χ0) is 44.3. The van der Waals surface area contributed by atoms with Crippen LogP contribution in [0.1, 0.15) is 245 Å². The Hall–Kier alpha value is -1.25. The molecule has 0 radical (unpaired) electrons. The fourth-order valence-electron chi connectivity index (χ4n) is 7.30. The Morgan fingerprint density at radius 2 is 0.850 bits per heavy atom. The lowest BCUT2D eigenvalue weighted by molar-refractivity contribution is -0.870. The highest BCUT2D eigenvalue weighted by Gasteiger charge is 2.21. The third kappa shape index (κ3) is 46.3. The van der Waals surface area contributed by atoms with Crippen LogP contribution in [0.25, 0.3) is 0 Å². The molecule has 10 heteroatoms. The first-order chi connectivity index (χ1) is 29.0. The van der Waals surface area contributed by atoms with E-state index in [1.54, 1.807) is 0 Å². The summed E-state index contributed by atoms with van der Waals surface area (Å²) in [6.07, 6.45) is 46.8. The van der Waals surface area contributed by atoms with Crippen LogP contribution in [-0.4, -0.2) is 70.0 Å². The van der Waals surface area contributed by atoms with E-state index in [1.807, 2.05) is 21.1 Å². The first-order valence-electron chi connectivity index (χ1n) is 25.4. The Balaban J connectivity index is 4.14. The zero-order valence-corrected chi connectivity index (χ0v) is 41.1. The average Bonchev–Trinajstić information content (AvgIpc) is 3.20. The van der Waals surface area contributed by atoms with E-state index >= 15 is 0 Å². The summed E-state index contributed by atoms with van der Waals surface area (Å²) in [4.78, 5) is 37.6. The summed E-state index contributed by atoms with van der Waals surface area (Å²) in [5.74, 6) is -0.831. The summed E-state index contributed by atoms with van der Waals surface area (Å²) in [5.41, 5.74) is 0. The lowest BCUT2D eigenvalue weighted by atomic mass is 10.0. The number of hydrogen-bond donors (Lipinski definition) is 0. The van der Waals surface area contributed by atoms with Crippen molar-refractivity contribution in [2.45, 2.75) is 251 Å². The van der Waals surface area contributed by atoms with Gasteiger partial charge in [-0.25, -0.2) is 0 Å². The second-order valence-corrected chi connectivity index (χ2v) is 20.0. The predicted octanol–water partition coefficient (Wildman–Crippen LogP) is 14.3. The minimum absolute atomic E-state index is 0.0292. The number of unbranched alkanes of at least 4 members (excludes halogenated alkanes) is 31. The van der Waals surface area contributed by atoms with Gasteiger partial charge >= 0.3 is 11.9 Å². The molecule has 0 saturated carbocycles. The van der Waals surface area contributed by atoms with Gasteiger partial charge in [-0.05, 0) is 38.5 Å². The third-order valence-corrected chi connectivity index (χ3v) is 12.2. The van der Waals surface area contributed by atoms with Crippen molar-refractivity contribution in [2.75, 3.05) is 47.5 Å². The summed E-state index contributed by atoms with van der Waals surface area (Å²) in [7, 11) is 1.17. The highest BCUT2D eigenvalue weighted by atomic mass is 31.2. The van der Waals surface area contributed by atoms with E-state index < -0.39 is 26.5 Å². The molecule has 0 fully saturated rings. The molecule has 60 heavy (non-hydrogen) atoms. The van der Waals surface area contributed by atoms with Gasteiger partial charge in [0.15, 0.2) is 6.10 Å². The maximum absolute atomic E-state index is 12.7. The average molecular weight is 872 g/mol. The molecule has 0 saturated heterocycles. The van der Waals surface area contributed by atoms with Crippen molar-refractivity contribution in [3.63, 3.8) is 0 Å². The van der Waals surface area contributed by atoms with Gasteiger partial charge < -0.3 is 27.9 Å². The molecule has 356 valence electrons. The normalized spacial score (nSPS) is 13.5. The molecule has 0 aromatic rings. The van der Waals surface area contributed by atoms with Gasteiger partial charge in [0.05, 0.1) is 27.7 Å². The monoisotopic (exact) mass is 872 g/mol. The van der Waals surface area contributed by atoms with Gasteiger partial charge in [-0.3, -0.25) is 14.2 Å². The SMILES string of the molecule is CCCCCC/C=C/CCCCCCCC(=O)O[C@@H](COC(=O)CCCCCCCCCCCCCCCCCCCCCCCCC)COP(=O)([O-])OCC[N+](C)(C)C. The first kappa shape index (κ1) is 58.8. The number of allylic oxidation sites excluding steroid dienone is 2. The van der Waals surface area contributed by atoms with Gasteiger partial charge in [-0.2, -0.15) is 0 Å². The summed E-state index contributed by atoms with van der Waals surface area (Å²) in [5, 5.41) is 0. The summed E-state index contributed by atoms with van der Waals surface area (Å²) < 4.78 is 34.0. The number of phosphoric ester groups is 1. The summed E-state index contributed by atoms with van der Waals surface area (Å²) >= 11 is 0. The third-order valence-electron chi connectivity index (χ3n) is 11.3. The van der Waals surface area contributed by atoms with Gasteiger partial charge in [0, 0.05) is 12.8 Å². The number of ether oxygens (including phenoxy) is 2. The van der Waals surface area contributed by atoms with Gasteiger partial charge in [0.1, 0.15) is 19.8 Å². The highest BCUT2D eigenvalue weighted by Crippen LogP contribution is 2.38. The van der Waals surface area contributed by atoms with Crippen LogP contribution < -0.4 is 4.89 Å². The van der Waals surface area contributed by atoms with Gasteiger partial charge in [-0.15, -0.1) is 0 Å². The molecular weight excluding hydrogens is 774 g/mol. The number of carbonyl (C=O) groups is 2. The molecule has 0 N–H and O–H groups in total. The van der Waals surface area contributed by atoms with Crippen LogP contribution in [0.15, 0.2) is 12.2 Å². The Kier molecular flexibility index (Phi) is 42.1. The van der Waals surface area contributed by atoms with Crippen molar-refractivity contribution in [1.29, 1.82) is 0 Å². The minimum Gasteiger partial charge on any atom is -0.756 e. The van der Waals surface area contributed by atoms with E-state index in [9.17, 15) is 19.0 Å².